The van der Waals surface area contributed by atoms with Crippen LogP contribution < -0.4 is 65.1 Å². The predicted octanol–water partition coefficient (Wildman–Crippen LogP) is 21.4. The number of H-pyrrole nitrogens is 2. The lowest BCUT2D eigenvalue weighted by Crippen LogP contribution is -2.46. The standard InChI is InChI=1S/C26H24F2N6O.C26H28F2N6O.C25H26F2N6O.C25H22F2N6O/c1-16-12-19-20(13-16)23(28)22(14-21(19)27)35-26-24(29-2)25(30-15-31-26)32-17-4-6-18(7-5-17)34-10-8-33(3)9-11-34;1-4-33-9-11-34(12-10-33)19-7-5-18(6-8-19)32-25-17(3)26(30-15-29-25)35-22-14-21(27)24-20(23(22)28)13-16(2)31-24;1-15-12-19-22(27)21(13-20(26)23(19)30-15)34-25-16(2)24(28-14-29-25)31-17-4-6-18(7-5-17)33-10-8-32(3)9-11-33;1-15-11-18-19(12-15)22(27)21(13-20(18)26)34-25-23(28-2)24(30-14-31-25)32-16-3-5-17(6-4-16)33-9-7-29-8-10-33/h4-7,13-15H,8-12H2,1,3H3,(H,30,31,32);5-8,13-15,31H,4,9-12H2,1-3H3,(H,29,30,32);4-7,12-14,30H,8-11H2,1-3H3,(H,28,29,31);3-6,12-14,29H,7-11H2,1H3,(H,30,31,32). The highest BCUT2D eigenvalue weighted by Crippen LogP contribution is 2.45. The van der Waals surface area contributed by atoms with Crippen molar-refractivity contribution in [3.05, 3.63) is 284 Å². The highest BCUT2D eigenvalue weighted by atomic mass is 19.2. The van der Waals surface area contributed by atoms with Crippen LogP contribution in [0.5, 0.6) is 46.5 Å². The molecule has 708 valence electrons. The fourth-order valence-electron chi connectivity index (χ4n) is 17.0. The molecule has 20 rings (SSSR count). The molecule has 6 aliphatic rings. The zero-order valence-corrected chi connectivity index (χ0v) is 77.4. The molecule has 7 N–H and O–H groups in total. The van der Waals surface area contributed by atoms with E-state index < -0.39 is 46.5 Å². The van der Waals surface area contributed by atoms with E-state index in [4.69, 9.17) is 32.1 Å². The summed E-state index contributed by atoms with van der Waals surface area (Å²) in [5, 5.41) is 16.4. The quantitative estimate of drug-likeness (QED) is 0.0260. The molecule has 4 saturated heterocycles. The maximum Gasteiger partial charge on any atom is 0.288 e. The Hall–Kier alpha value is -15.5. The number of nitrogens with one attached hydrogen (secondary N) is 7. The number of allylic oxidation sites excluding steroid dienone is 2. The number of hydrogen-bond acceptors (Lipinski definition) is 24. The molecule has 14 aromatic rings. The Morgan fingerprint density at radius 3 is 1.01 bits per heavy atom. The van der Waals surface area contributed by atoms with Crippen molar-refractivity contribution in [2.75, 3.05) is 166 Å². The molecule has 4 fully saturated rings. The van der Waals surface area contributed by atoms with Gasteiger partial charge >= 0.3 is 0 Å². The van der Waals surface area contributed by atoms with Crippen molar-refractivity contribution in [1.29, 1.82) is 0 Å². The number of rotatable bonds is 21. The van der Waals surface area contributed by atoms with Crippen molar-refractivity contribution >= 4 is 114 Å². The molecule has 2 aliphatic carbocycles. The monoisotopic (exact) mass is 1880 g/mol. The van der Waals surface area contributed by atoms with Crippen molar-refractivity contribution in [3.63, 3.8) is 0 Å². The lowest BCUT2D eigenvalue weighted by molar-refractivity contribution is 0.271. The summed E-state index contributed by atoms with van der Waals surface area (Å²) in [5.74, 6) is -4.56. The van der Waals surface area contributed by atoms with Gasteiger partial charge in [-0.1, -0.05) is 30.2 Å². The zero-order valence-electron chi connectivity index (χ0n) is 77.4. The van der Waals surface area contributed by atoms with Gasteiger partial charge in [-0.05, 0) is 184 Å². The normalized spacial score (nSPS) is 14.8. The Bertz CT molecular complexity index is 6990. The van der Waals surface area contributed by atoms with Crippen molar-refractivity contribution < 1.29 is 54.1 Å². The van der Waals surface area contributed by atoms with Crippen LogP contribution in [0.4, 0.5) is 115 Å². The number of benzene rings is 8. The number of aromatic nitrogens is 10. The number of aromatic amines is 2. The van der Waals surface area contributed by atoms with Crippen LogP contribution in [0, 0.1) is 87.4 Å². The summed E-state index contributed by atoms with van der Waals surface area (Å²) < 4.78 is 141. The molecule has 8 aromatic carbocycles. The van der Waals surface area contributed by atoms with Crippen molar-refractivity contribution in [2.45, 2.75) is 61.3 Å². The molecule has 0 unspecified atom stereocenters. The van der Waals surface area contributed by atoms with Gasteiger partial charge in [0.25, 0.3) is 11.4 Å². The first-order valence-electron chi connectivity index (χ1n) is 45.2. The molecule has 0 amide bonds. The van der Waals surface area contributed by atoms with E-state index in [2.05, 4.69) is 166 Å². The number of likely N-dealkylation sites (N-methyl/N-ethyl adjacent to an activating group) is 3. The maximum atomic E-state index is 15.0. The van der Waals surface area contributed by atoms with Crippen LogP contribution in [0.3, 0.4) is 0 Å². The number of hydrogen-bond donors (Lipinski definition) is 7. The highest BCUT2D eigenvalue weighted by molar-refractivity contribution is 5.86. The molecule has 0 bridgehead atoms. The summed E-state index contributed by atoms with van der Waals surface area (Å²) in [6.07, 6.45) is 9.03. The second-order valence-corrected chi connectivity index (χ2v) is 34.4. The van der Waals surface area contributed by atoms with E-state index in [9.17, 15) is 26.3 Å². The van der Waals surface area contributed by atoms with Crippen molar-refractivity contribution in [3.8, 4) is 46.5 Å². The summed E-state index contributed by atoms with van der Waals surface area (Å²) in [5.41, 5.74) is 13.1. The topological polar surface area (TPSA) is 263 Å². The second kappa shape index (κ2) is 41.8. The first-order chi connectivity index (χ1) is 66.8. The summed E-state index contributed by atoms with van der Waals surface area (Å²) in [7, 11) is 4.25. The van der Waals surface area contributed by atoms with Gasteiger partial charge in [0.1, 0.15) is 60.2 Å². The summed E-state index contributed by atoms with van der Waals surface area (Å²) in [4.78, 5) is 62.3. The SMILES string of the molecule is CCN1CCN(c2ccc(Nc3ncnc(Oc4cc(F)c5[nH]c(C)cc5c4F)c3C)cc2)CC1.Cc1cc2c(F)c(Oc3ncnc(Nc4ccc(N5CCN(C)CC5)cc4)c3C)cc(F)c2[nH]1.[C-]#[N+]c1c(Nc2ccc(N3CCN(C)CC3)cc2)ncnc1Oc1cc(F)c2c(c1F)C=C(C)C2.[C-]#[N+]c1c(Nc2ccc(N3CCNCC3)cc2)ncnc1Oc1cc(F)c2c(c1F)C=C(C)C2. The van der Waals surface area contributed by atoms with E-state index in [-0.39, 0.29) is 102 Å². The van der Waals surface area contributed by atoms with Gasteiger partial charge in [-0.15, -0.1) is 0 Å². The van der Waals surface area contributed by atoms with Crippen LogP contribution in [0.15, 0.2) is 170 Å². The van der Waals surface area contributed by atoms with E-state index in [1.807, 2.05) is 86.6 Å². The van der Waals surface area contributed by atoms with E-state index in [0.29, 0.717) is 58.1 Å². The Morgan fingerprint density at radius 1 is 0.362 bits per heavy atom. The molecule has 138 heavy (non-hydrogen) atoms. The number of halogens is 8. The molecule has 10 heterocycles. The minimum atomic E-state index is -0.680. The van der Waals surface area contributed by atoms with Crippen LogP contribution in [-0.2, 0) is 12.8 Å². The number of anilines is 12. The Balaban J connectivity index is 0.000000127. The van der Waals surface area contributed by atoms with E-state index >= 15 is 8.78 Å². The van der Waals surface area contributed by atoms with Crippen LogP contribution in [0.1, 0.15) is 65.5 Å². The molecular formula is C102H100F8N24O4. The Kier molecular flexibility index (Phi) is 28.5. The van der Waals surface area contributed by atoms with Crippen LogP contribution in [0.25, 0.3) is 43.6 Å². The molecule has 0 radical (unpaired) electrons. The minimum Gasteiger partial charge on any atom is -0.446 e. The van der Waals surface area contributed by atoms with Crippen LogP contribution in [0.2, 0.25) is 0 Å². The smallest absolute Gasteiger partial charge is 0.288 e. The summed E-state index contributed by atoms with van der Waals surface area (Å²) in [6.45, 7) is 45.1. The van der Waals surface area contributed by atoms with Crippen molar-refractivity contribution in [1.82, 2.24) is 69.9 Å². The second-order valence-electron chi connectivity index (χ2n) is 34.4. The molecular weight excluding hydrogens is 1780 g/mol. The van der Waals surface area contributed by atoms with E-state index in [0.717, 1.165) is 181 Å². The lowest BCUT2D eigenvalue weighted by Gasteiger charge is -2.35. The maximum absolute atomic E-state index is 15.0. The summed E-state index contributed by atoms with van der Waals surface area (Å²) in [6, 6.07) is 39.1. The van der Waals surface area contributed by atoms with Gasteiger partial charge < -0.3 is 89.8 Å². The molecule has 0 spiro atoms. The molecule has 0 saturated carbocycles. The highest BCUT2D eigenvalue weighted by Gasteiger charge is 2.30. The summed E-state index contributed by atoms with van der Waals surface area (Å²) >= 11 is 0. The van der Waals surface area contributed by atoms with Gasteiger partial charge in [-0.3, -0.25) is 0 Å². The van der Waals surface area contributed by atoms with Crippen molar-refractivity contribution in [2.24, 2.45) is 0 Å². The molecule has 36 heteroatoms. The third-order valence-electron chi connectivity index (χ3n) is 24.8. The average Bonchev–Trinajstić information content (AvgIpc) is 1.62. The third-order valence-corrected chi connectivity index (χ3v) is 24.8. The molecule has 28 nitrogen and oxygen atoms in total. The molecule has 0 atom stereocenters. The van der Waals surface area contributed by atoms with Crippen LogP contribution in [-0.4, -0.2) is 190 Å². The van der Waals surface area contributed by atoms with E-state index in [1.165, 1.54) is 36.7 Å². The third kappa shape index (κ3) is 21.3. The van der Waals surface area contributed by atoms with Gasteiger partial charge in [0.2, 0.25) is 23.5 Å². The number of nitrogens with zero attached hydrogens (tertiary/aromatic N) is 17. The fraction of sp³-hybridized carbons (Fsp3) is 0.275. The van der Waals surface area contributed by atoms with E-state index in [1.54, 1.807) is 52.0 Å². The van der Waals surface area contributed by atoms with Gasteiger partial charge in [0, 0.05) is 219 Å². The molecule has 4 aliphatic heterocycles. The minimum absolute atomic E-state index is 0.0253. The van der Waals surface area contributed by atoms with Gasteiger partial charge in [0.05, 0.1) is 35.3 Å². The van der Waals surface area contributed by atoms with Gasteiger partial charge in [-0.2, -0.15) is 0 Å². The Morgan fingerprint density at radius 2 is 0.667 bits per heavy atom. The number of aryl methyl sites for hydroxylation is 2. The largest absolute Gasteiger partial charge is 0.446 e. The van der Waals surface area contributed by atoms with Gasteiger partial charge in [-0.25, -0.2) is 84.7 Å². The number of fused-ring (bicyclic) bond motifs is 4. The van der Waals surface area contributed by atoms with Crippen LogP contribution >= 0.6 is 0 Å². The van der Waals surface area contributed by atoms with Gasteiger partial charge in [0.15, 0.2) is 57.9 Å². The average molecular weight is 1880 g/mol. The number of ether oxygens (including phenoxy) is 4. The fourth-order valence-corrected chi connectivity index (χ4v) is 17.0. The zero-order chi connectivity index (χ0) is 96.5. The molecule has 6 aromatic heterocycles. The first kappa shape index (κ1) is 94.3. The lowest BCUT2D eigenvalue weighted by atomic mass is 10.1. The number of piperazine rings is 4. The predicted molar refractivity (Wildman–Crippen MR) is 521 cm³/mol. The Labute approximate surface area is 792 Å². The first-order valence-corrected chi connectivity index (χ1v) is 45.2.